The van der Waals surface area contributed by atoms with Crippen LogP contribution in [0.3, 0.4) is 0 Å². The van der Waals surface area contributed by atoms with Gasteiger partial charge in [0.25, 0.3) is 0 Å². The maximum absolute atomic E-state index is 10.8. The van der Waals surface area contributed by atoms with Gasteiger partial charge in [-0.2, -0.15) is 0 Å². The summed E-state index contributed by atoms with van der Waals surface area (Å²) in [6.45, 7) is 5.29. The molecule has 0 aromatic heterocycles. The number of aliphatic hydroxyl groups excluding tert-OH is 1. The molecule has 0 spiro atoms. The SMILES string of the molecule is CC(O)Cc1ccc([N+](=O)[O-])c(OC(C)C)c1. The molecule has 5 nitrogen and oxygen atoms in total. The van der Waals surface area contributed by atoms with Gasteiger partial charge in [0.2, 0.25) is 0 Å². The lowest BCUT2D eigenvalue weighted by molar-refractivity contribution is -0.386. The summed E-state index contributed by atoms with van der Waals surface area (Å²) < 4.78 is 5.41. The highest BCUT2D eigenvalue weighted by Gasteiger charge is 2.17. The summed E-state index contributed by atoms with van der Waals surface area (Å²) in [7, 11) is 0. The standard InChI is InChI=1S/C12H17NO4/c1-8(2)17-12-7-10(6-9(3)14)4-5-11(12)13(15)16/h4-5,7-9,14H,6H2,1-3H3. The number of hydrogen-bond acceptors (Lipinski definition) is 4. The van der Waals surface area contributed by atoms with E-state index in [0.717, 1.165) is 5.56 Å². The third kappa shape index (κ3) is 4.03. The number of aliphatic hydroxyl groups is 1. The molecule has 1 aromatic rings. The maximum Gasteiger partial charge on any atom is 0.310 e. The molecule has 0 heterocycles. The molecule has 1 aromatic carbocycles. The zero-order valence-corrected chi connectivity index (χ0v) is 10.2. The van der Waals surface area contributed by atoms with Crippen LogP contribution >= 0.6 is 0 Å². The fourth-order valence-electron chi connectivity index (χ4n) is 1.53. The van der Waals surface area contributed by atoms with E-state index in [4.69, 9.17) is 4.74 Å². The van der Waals surface area contributed by atoms with Gasteiger partial charge in [0.05, 0.1) is 17.1 Å². The van der Waals surface area contributed by atoms with Crippen molar-refractivity contribution in [3.63, 3.8) is 0 Å². The molecule has 1 rings (SSSR count). The van der Waals surface area contributed by atoms with Crippen molar-refractivity contribution in [1.29, 1.82) is 0 Å². The summed E-state index contributed by atoms with van der Waals surface area (Å²) in [6, 6.07) is 4.66. The topological polar surface area (TPSA) is 72.6 Å². The predicted octanol–water partition coefficient (Wildman–Crippen LogP) is 2.31. The Morgan fingerprint density at radius 2 is 2.06 bits per heavy atom. The second kappa shape index (κ2) is 5.63. The summed E-state index contributed by atoms with van der Waals surface area (Å²) in [5.74, 6) is 0.253. The number of nitro benzene ring substituents is 1. The van der Waals surface area contributed by atoms with Crippen LogP contribution in [0.15, 0.2) is 18.2 Å². The highest BCUT2D eigenvalue weighted by molar-refractivity contribution is 5.48. The molecule has 1 N–H and O–H groups in total. The largest absolute Gasteiger partial charge is 0.484 e. The smallest absolute Gasteiger partial charge is 0.310 e. The van der Waals surface area contributed by atoms with Crippen molar-refractivity contribution in [3.05, 3.63) is 33.9 Å². The van der Waals surface area contributed by atoms with Crippen LogP contribution in [0.4, 0.5) is 5.69 Å². The maximum atomic E-state index is 10.8. The van der Waals surface area contributed by atoms with E-state index in [2.05, 4.69) is 0 Å². The second-order valence-electron chi connectivity index (χ2n) is 4.28. The van der Waals surface area contributed by atoms with E-state index in [1.54, 1.807) is 19.1 Å². The molecule has 0 saturated heterocycles. The first-order chi connectivity index (χ1) is 7.90. The minimum absolute atomic E-state index is 0.0481. The molecular formula is C12H17NO4. The molecule has 0 radical (unpaired) electrons. The second-order valence-corrected chi connectivity index (χ2v) is 4.28. The molecule has 0 amide bonds. The van der Waals surface area contributed by atoms with Gasteiger partial charge in [-0.1, -0.05) is 6.07 Å². The number of benzene rings is 1. The molecule has 5 heteroatoms. The van der Waals surface area contributed by atoms with Crippen LogP contribution in [-0.4, -0.2) is 22.2 Å². The molecule has 0 saturated carbocycles. The van der Waals surface area contributed by atoms with Gasteiger partial charge in [0, 0.05) is 6.07 Å². The van der Waals surface area contributed by atoms with Crippen LogP contribution in [0.25, 0.3) is 0 Å². The number of hydrogen-bond donors (Lipinski definition) is 1. The van der Waals surface area contributed by atoms with Crippen molar-refractivity contribution >= 4 is 5.69 Å². The molecule has 0 aliphatic rings. The lowest BCUT2D eigenvalue weighted by atomic mass is 10.1. The molecule has 1 unspecified atom stereocenters. The molecule has 0 bridgehead atoms. The Hall–Kier alpha value is -1.62. The first-order valence-corrected chi connectivity index (χ1v) is 5.52. The van der Waals surface area contributed by atoms with Crippen LogP contribution in [0.2, 0.25) is 0 Å². The third-order valence-electron chi connectivity index (χ3n) is 2.11. The van der Waals surface area contributed by atoms with Crippen LogP contribution in [0, 0.1) is 10.1 Å². The minimum Gasteiger partial charge on any atom is -0.484 e. The van der Waals surface area contributed by atoms with Crippen molar-refractivity contribution in [2.45, 2.75) is 39.4 Å². The molecule has 0 aliphatic heterocycles. The number of rotatable bonds is 5. The number of ether oxygens (including phenoxy) is 1. The first kappa shape index (κ1) is 13.4. The Morgan fingerprint density at radius 3 is 2.53 bits per heavy atom. The van der Waals surface area contributed by atoms with E-state index in [1.165, 1.54) is 6.07 Å². The van der Waals surface area contributed by atoms with Gasteiger partial charge < -0.3 is 9.84 Å². The summed E-state index contributed by atoms with van der Waals surface area (Å²) >= 11 is 0. The Balaban J connectivity index is 3.05. The van der Waals surface area contributed by atoms with Crippen molar-refractivity contribution < 1.29 is 14.8 Å². The Kier molecular flexibility index (Phi) is 4.45. The van der Waals surface area contributed by atoms with Gasteiger partial charge in [-0.15, -0.1) is 0 Å². The van der Waals surface area contributed by atoms with Gasteiger partial charge >= 0.3 is 5.69 Å². The average molecular weight is 239 g/mol. The lowest BCUT2D eigenvalue weighted by Crippen LogP contribution is -2.09. The van der Waals surface area contributed by atoms with E-state index >= 15 is 0 Å². The van der Waals surface area contributed by atoms with Crippen LogP contribution in [0.1, 0.15) is 26.3 Å². The summed E-state index contributed by atoms with van der Waals surface area (Å²) in [4.78, 5) is 10.3. The van der Waals surface area contributed by atoms with Gasteiger partial charge in [-0.05, 0) is 38.8 Å². The highest BCUT2D eigenvalue weighted by atomic mass is 16.6. The summed E-state index contributed by atoms with van der Waals surface area (Å²) in [5, 5.41) is 20.1. The van der Waals surface area contributed by atoms with E-state index in [1.807, 2.05) is 13.8 Å². The van der Waals surface area contributed by atoms with Gasteiger partial charge in [0.15, 0.2) is 5.75 Å². The van der Waals surface area contributed by atoms with E-state index in [-0.39, 0.29) is 17.5 Å². The zero-order valence-electron chi connectivity index (χ0n) is 10.2. The van der Waals surface area contributed by atoms with Crippen molar-refractivity contribution in [2.75, 3.05) is 0 Å². The fourth-order valence-corrected chi connectivity index (χ4v) is 1.53. The van der Waals surface area contributed by atoms with E-state index in [9.17, 15) is 15.2 Å². The molecule has 0 fully saturated rings. The molecule has 17 heavy (non-hydrogen) atoms. The Morgan fingerprint density at radius 1 is 1.41 bits per heavy atom. The predicted molar refractivity (Wildman–Crippen MR) is 64.2 cm³/mol. The number of nitro groups is 1. The number of nitrogens with zero attached hydrogens (tertiary/aromatic N) is 1. The van der Waals surface area contributed by atoms with Gasteiger partial charge in [0.1, 0.15) is 0 Å². The monoisotopic (exact) mass is 239 g/mol. The van der Waals surface area contributed by atoms with Gasteiger partial charge in [-0.25, -0.2) is 0 Å². The summed E-state index contributed by atoms with van der Waals surface area (Å²) in [6.07, 6.45) is -0.161. The molecule has 0 aliphatic carbocycles. The Labute approximate surface area is 100 Å². The van der Waals surface area contributed by atoms with E-state index in [0.29, 0.717) is 6.42 Å². The first-order valence-electron chi connectivity index (χ1n) is 5.52. The summed E-state index contributed by atoms with van der Waals surface area (Å²) in [5.41, 5.74) is 0.772. The molecular weight excluding hydrogens is 222 g/mol. The zero-order chi connectivity index (χ0) is 13.0. The van der Waals surface area contributed by atoms with E-state index < -0.39 is 11.0 Å². The normalized spacial score (nSPS) is 12.5. The minimum atomic E-state index is -0.483. The average Bonchev–Trinajstić information content (AvgIpc) is 2.15. The fraction of sp³-hybridized carbons (Fsp3) is 0.500. The van der Waals surface area contributed by atoms with Crippen LogP contribution in [0.5, 0.6) is 5.75 Å². The van der Waals surface area contributed by atoms with Crippen molar-refractivity contribution in [2.24, 2.45) is 0 Å². The van der Waals surface area contributed by atoms with Crippen LogP contribution < -0.4 is 4.74 Å². The quantitative estimate of drug-likeness (QED) is 0.632. The lowest BCUT2D eigenvalue weighted by Gasteiger charge is -2.12. The highest BCUT2D eigenvalue weighted by Crippen LogP contribution is 2.29. The van der Waals surface area contributed by atoms with Crippen molar-refractivity contribution in [3.8, 4) is 5.75 Å². The van der Waals surface area contributed by atoms with Crippen LogP contribution in [-0.2, 0) is 6.42 Å². The Bertz CT molecular complexity index is 401. The van der Waals surface area contributed by atoms with Crippen molar-refractivity contribution in [1.82, 2.24) is 0 Å². The van der Waals surface area contributed by atoms with Gasteiger partial charge in [-0.3, -0.25) is 10.1 Å². The molecule has 1 atom stereocenters. The molecule has 94 valence electrons. The third-order valence-corrected chi connectivity index (χ3v) is 2.11.